The van der Waals surface area contributed by atoms with E-state index < -0.39 is 26.6 Å². The van der Waals surface area contributed by atoms with Gasteiger partial charge in [0.25, 0.3) is 7.82 Å². The van der Waals surface area contributed by atoms with Crippen LogP contribution in [0.1, 0.15) is 258 Å². The van der Waals surface area contributed by atoms with E-state index in [9.17, 15) is 19.0 Å². The Balaban J connectivity index is 5.33. The third-order valence-electron chi connectivity index (χ3n) is 13.2. The summed E-state index contributed by atoms with van der Waals surface area (Å²) in [5.74, 6) is -0.586. The molecule has 76 heavy (non-hydrogen) atoms. The molecule has 1 amide bonds. The summed E-state index contributed by atoms with van der Waals surface area (Å²) >= 11 is 0. The average Bonchev–Trinajstić information content (AvgIpc) is 3.38. The maximum Gasteiger partial charge on any atom is 0.306 e. The number of carbonyl (C=O) groups excluding carboxylic acids is 2. The van der Waals surface area contributed by atoms with Gasteiger partial charge in [-0.1, -0.05) is 234 Å². The quantitative estimate of drug-likeness (QED) is 0.0212. The zero-order chi connectivity index (χ0) is 55.7. The van der Waals surface area contributed by atoms with E-state index in [4.69, 9.17) is 13.8 Å². The van der Waals surface area contributed by atoms with Crippen LogP contribution >= 0.6 is 7.82 Å². The number of hydrogen-bond acceptors (Lipinski definition) is 7. The highest BCUT2D eigenvalue weighted by molar-refractivity contribution is 7.45. The fourth-order valence-electron chi connectivity index (χ4n) is 8.46. The number of ether oxygens (including phenoxy) is 1. The predicted octanol–water partition coefficient (Wildman–Crippen LogP) is 18.5. The van der Waals surface area contributed by atoms with E-state index >= 15 is 0 Å². The minimum Gasteiger partial charge on any atom is -0.756 e. The van der Waals surface area contributed by atoms with E-state index in [0.717, 1.165) is 109 Å². The molecule has 0 aliphatic heterocycles. The van der Waals surface area contributed by atoms with E-state index in [2.05, 4.69) is 111 Å². The summed E-state index contributed by atoms with van der Waals surface area (Å²) < 4.78 is 30.3. The zero-order valence-corrected chi connectivity index (χ0v) is 50.8. The summed E-state index contributed by atoms with van der Waals surface area (Å²) in [7, 11) is 1.15. The van der Waals surface area contributed by atoms with Gasteiger partial charge < -0.3 is 28.5 Å². The van der Waals surface area contributed by atoms with Crippen LogP contribution < -0.4 is 10.2 Å². The number of likely N-dealkylation sites (N-methyl/N-ethyl adjacent to an activating group) is 1. The molecule has 0 aliphatic carbocycles. The summed E-state index contributed by atoms with van der Waals surface area (Å²) in [4.78, 5) is 40.0. The number of carbonyl (C=O) groups is 2. The average molecular weight is 1080 g/mol. The summed E-state index contributed by atoms with van der Waals surface area (Å²) in [6.45, 7) is 6.67. The smallest absolute Gasteiger partial charge is 0.306 e. The normalized spacial score (nSPS) is 14.4. The van der Waals surface area contributed by atoms with E-state index in [1.54, 1.807) is 0 Å². The molecule has 3 unspecified atom stereocenters. The van der Waals surface area contributed by atoms with E-state index in [1.807, 2.05) is 33.3 Å². The topological polar surface area (TPSA) is 114 Å². The van der Waals surface area contributed by atoms with Crippen molar-refractivity contribution in [2.45, 2.75) is 270 Å². The Labute approximate surface area is 468 Å². The Kier molecular flexibility index (Phi) is 53.0. The van der Waals surface area contributed by atoms with Crippen molar-refractivity contribution in [2.24, 2.45) is 0 Å². The van der Waals surface area contributed by atoms with Gasteiger partial charge in [0.05, 0.1) is 33.8 Å². The molecule has 0 aliphatic rings. The molecule has 0 spiro atoms. The van der Waals surface area contributed by atoms with Crippen LogP contribution in [0.5, 0.6) is 0 Å². The van der Waals surface area contributed by atoms with Crippen LogP contribution in [0, 0.1) is 0 Å². The van der Waals surface area contributed by atoms with Gasteiger partial charge in [-0.05, 0) is 109 Å². The first-order valence-electron chi connectivity index (χ1n) is 31.0. The predicted molar refractivity (Wildman–Crippen MR) is 325 cm³/mol. The van der Waals surface area contributed by atoms with Crippen molar-refractivity contribution < 1.29 is 37.3 Å². The van der Waals surface area contributed by atoms with Crippen molar-refractivity contribution in [1.29, 1.82) is 0 Å². The van der Waals surface area contributed by atoms with Crippen molar-refractivity contribution in [3.05, 3.63) is 97.2 Å². The molecule has 0 saturated heterocycles. The number of nitrogens with one attached hydrogen (secondary N) is 1. The van der Waals surface area contributed by atoms with Gasteiger partial charge in [0.2, 0.25) is 5.91 Å². The van der Waals surface area contributed by atoms with Crippen molar-refractivity contribution >= 4 is 19.7 Å². The summed E-state index contributed by atoms with van der Waals surface area (Å²) in [5, 5.41) is 3.01. The summed E-state index contributed by atoms with van der Waals surface area (Å²) in [5.41, 5.74) is 0. The molecular weight excluding hydrogens is 964 g/mol. The highest BCUT2D eigenvalue weighted by Crippen LogP contribution is 2.38. The monoisotopic (exact) mass is 1080 g/mol. The second-order valence-corrected chi connectivity index (χ2v) is 23.2. The van der Waals surface area contributed by atoms with Gasteiger partial charge in [0.15, 0.2) is 0 Å². The molecule has 0 rings (SSSR count). The molecule has 0 heterocycles. The van der Waals surface area contributed by atoms with Crippen molar-refractivity contribution in [3.8, 4) is 0 Å². The van der Waals surface area contributed by atoms with Crippen LogP contribution in [-0.2, 0) is 27.9 Å². The molecule has 9 nitrogen and oxygen atoms in total. The first-order valence-corrected chi connectivity index (χ1v) is 32.5. The van der Waals surface area contributed by atoms with Gasteiger partial charge in [-0.25, -0.2) is 0 Å². The number of nitrogens with zero attached hydrogens (tertiary/aromatic N) is 1. The lowest BCUT2D eigenvalue weighted by Gasteiger charge is -2.30. The van der Waals surface area contributed by atoms with E-state index in [0.29, 0.717) is 17.4 Å². The number of unbranched alkanes of at least 4 members (excludes halogenated alkanes) is 25. The van der Waals surface area contributed by atoms with Gasteiger partial charge in [-0.15, -0.1) is 0 Å². The SMILES string of the molecule is CC/C=C\C/C=C\C/C=C\C/C=C\C/C=C\CCCCCC(=O)NC(COP(=O)([O-])OCC[N+](C)(C)C)C(/C=C/CCCCCCCCCCCC)OC(=O)CCCCCCCCCCC/C=C\C/C=C\CCCCC. The Morgan fingerprint density at radius 2 is 0.842 bits per heavy atom. The number of phosphoric acid groups is 1. The Morgan fingerprint density at radius 3 is 1.30 bits per heavy atom. The Morgan fingerprint density at radius 1 is 0.474 bits per heavy atom. The molecule has 0 bridgehead atoms. The highest BCUT2D eigenvalue weighted by Gasteiger charge is 2.27. The van der Waals surface area contributed by atoms with Crippen molar-refractivity contribution in [2.75, 3.05) is 40.9 Å². The van der Waals surface area contributed by atoms with Crippen molar-refractivity contribution in [1.82, 2.24) is 5.32 Å². The second-order valence-electron chi connectivity index (χ2n) is 21.8. The first kappa shape index (κ1) is 72.9. The minimum atomic E-state index is -4.71. The molecule has 10 heteroatoms. The van der Waals surface area contributed by atoms with Gasteiger partial charge in [0, 0.05) is 12.8 Å². The van der Waals surface area contributed by atoms with Crippen LogP contribution in [-0.4, -0.2) is 69.4 Å². The fraction of sp³-hybridized carbons (Fsp3) is 0.727. The molecule has 0 aromatic carbocycles. The lowest BCUT2D eigenvalue weighted by Crippen LogP contribution is -2.47. The molecule has 1 N–H and O–H groups in total. The minimum absolute atomic E-state index is 0.0341. The molecule has 3 atom stereocenters. The third-order valence-corrected chi connectivity index (χ3v) is 14.2. The van der Waals surface area contributed by atoms with Crippen LogP contribution in [0.25, 0.3) is 0 Å². The largest absolute Gasteiger partial charge is 0.756 e. The van der Waals surface area contributed by atoms with E-state index in [1.165, 1.54) is 109 Å². The Hall–Kier alpha value is -3.07. The van der Waals surface area contributed by atoms with Crippen LogP contribution in [0.3, 0.4) is 0 Å². The van der Waals surface area contributed by atoms with Crippen LogP contribution in [0.15, 0.2) is 97.2 Å². The number of amides is 1. The maximum absolute atomic E-state index is 13.5. The van der Waals surface area contributed by atoms with E-state index in [-0.39, 0.29) is 31.3 Å². The van der Waals surface area contributed by atoms with Gasteiger partial charge in [-0.3, -0.25) is 14.2 Å². The molecule has 0 fully saturated rings. The van der Waals surface area contributed by atoms with Crippen LogP contribution in [0.4, 0.5) is 0 Å². The lowest BCUT2D eigenvalue weighted by molar-refractivity contribution is -0.870. The Bertz CT molecular complexity index is 1620. The number of quaternary nitrogens is 1. The number of esters is 1. The third kappa shape index (κ3) is 55.7. The molecule has 0 aromatic rings. The van der Waals surface area contributed by atoms with Crippen LogP contribution in [0.2, 0.25) is 0 Å². The maximum atomic E-state index is 13.5. The highest BCUT2D eigenvalue weighted by atomic mass is 31.2. The summed E-state index contributed by atoms with van der Waals surface area (Å²) in [6, 6.07) is -0.913. The number of hydrogen-bond donors (Lipinski definition) is 1. The fourth-order valence-corrected chi connectivity index (χ4v) is 9.18. The molecular formula is C66H117N2O7P. The number of rotatable bonds is 55. The molecule has 0 aromatic heterocycles. The standard InChI is InChI=1S/C66H117N2O7P/c1-7-10-13-16-19-22-25-28-30-32-34-36-38-40-43-46-49-52-55-58-65(69)67-63(62-74-76(71,72)73-61-60-68(4,5)6)64(57-54-51-48-45-42-27-24-21-18-15-12-9-3)75-66(70)59-56-53-50-47-44-41-39-37-35-33-31-29-26-23-20-17-14-11-8-2/h10,13,19-20,22-23,28-31,34,36,40,43,54,57,63-64H,7-9,11-12,14-18,21,24-27,32-33,35,37-39,41-42,44-53,55-56,58-62H2,1-6H3,(H-,67,69,71,72)/b13-10-,22-19-,23-20-,30-28-,31-29-,36-34-,43-40-,57-54+. The number of phosphoric ester groups is 1. The van der Waals surface area contributed by atoms with Gasteiger partial charge >= 0.3 is 5.97 Å². The lowest BCUT2D eigenvalue weighted by atomic mass is 10.0. The number of allylic oxidation sites excluding steroid dienone is 15. The molecule has 438 valence electrons. The molecule has 0 radical (unpaired) electrons. The van der Waals surface area contributed by atoms with Gasteiger partial charge in [0.1, 0.15) is 19.3 Å². The molecule has 0 saturated carbocycles. The first-order chi connectivity index (χ1) is 36.9. The second kappa shape index (κ2) is 55.3. The summed E-state index contributed by atoms with van der Waals surface area (Å²) in [6.07, 6.45) is 73.7. The zero-order valence-electron chi connectivity index (χ0n) is 49.9. The van der Waals surface area contributed by atoms with Crippen molar-refractivity contribution in [3.63, 3.8) is 0 Å². The van der Waals surface area contributed by atoms with Gasteiger partial charge in [-0.2, -0.15) is 0 Å².